The van der Waals surface area contributed by atoms with E-state index in [-0.39, 0.29) is 19.1 Å². The Morgan fingerprint density at radius 1 is 1.33 bits per heavy atom. The summed E-state index contributed by atoms with van der Waals surface area (Å²) in [6.07, 6.45) is 4.52. The molecule has 130 valence electrons. The van der Waals surface area contributed by atoms with Gasteiger partial charge in [-0.2, -0.15) is 0 Å². The van der Waals surface area contributed by atoms with E-state index in [0.717, 1.165) is 18.7 Å². The van der Waals surface area contributed by atoms with E-state index in [1.165, 1.54) is 11.1 Å². The van der Waals surface area contributed by atoms with Crippen LogP contribution in [-0.4, -0.2) is 51.7 Å². The summed E-state index contributed by atoms with van der Waals surface area (Å²) in [4.78, 5) is 17.7. The first-order valence-electron chi connectivity index (χ1n) is 7.99. The van der Waals surface area contributed by atoms with Crippen molar-refractivity contribution in [2.45, 2.75) is 19.9 Å². The largest absolute Gasteiger partial charge is 0.395 e. The highest BCUT2D eigenvalue weighted by Crippen LogP contribution is 2.10. The van der Waals surface area contributed by atoms with Crippen LogP contribution >= 0.6 is 9.39 Å². The molecule has 1 aromatic carbocycles. The lowest BCUT2D eigenvalue weighted by molar-refractivity contribution is -0.120. The smallest absolute Gasteiger partial charge is 0.236 e. The van der Waals surface area contributed by atoms with E-state index in [4.69, 9.17) is 5.11 Å². The average Bonchev–Trinajstić information content (AvgIpc) is 3.02. The van der Waals surface area contributed by atoms with Crippen molar-refractivity contribution < 1.29 is 9.90 Å². The number of carbonyl (C=O) groups is 1. The summed E-state index contributed by atoms with van der Waals surface area (Å²) in [6, 6.07) is 8.49. The van der Waals surface area contributed by atoms with Gasteiger partial charge in [0.05, 0.1) is 19.5 Å². The van der Waals surface area contributed by atoms with Gasteiger partial charge < -0.3 is 14.8 Å². The molecule has 0 saturated carbocycles. The van der Waals surface area contributed by atoms with Gasteiger partial charge in [0.2, 0.25) is 5.91 Å². The van der Waals surface area contributed by atoms with Gasteiger partial charge in [-0.25, -0.2) is 4.98 Å². The van der Waals surface area contributed by atoms with Gasteiger partial charge in [-0.3, -0.25) is 9.69 Å². The lowest BCUT2D eigenvalue weighted by Crippen LogP contribution is -2.37. The van der Waals surface area contributed by atoms with Gasteiger partial charge in [-0.1, -0.05) is 29.8 Å². The number of benzene rings is 1. The zero-order chi connectivity index (χ0) is 17.4. The number of hydrogen-bond donors (Lipinski definition) is 2. The summed E-state index contributed by atoms with van der Waals surface area (Å²) < 4.78 is 2.10. The molecule has 2 N–H and O–H groups in total. The van der Waals surface area contributed by atoms with Crippen molar-refractivity contribution in [3.63, 3.8) is 0 Å². The third-order valence-corrected chi connectivity index (χ3v) is 4.23. The quantitative estimate of drug-likeness (QED) is 0.663. The highest BCUT2D eigenvalue weighted by Gasteiger charge is 2.10. The lowest BCUT2D eigenvalue weighted by atomic mass is 10.1. The molecule has 2 aromatic rings. The molecule has 1 atom stereocenters. The Morgan fingerprint density at radius 2 is 2.08 bits per heavy atom. The zero-order valence-electron chi connectivity index (χ0n) is 14.0. The fraction of sp³-hybridized carbons (Fsp3) is 0.412. The van der Waals surface area contributed by atoms with Crippen LogP contribution in [0.25, 0.3) is 0 Å². The number of hydrogen-bond acceptors (Lipinski definition) is 4. The third kappa shape index (κ3) is 5.71. The second-order valence-electron chi connectivity index (χ2n) is 5.81. The number of rotatable bonds is 9. The number of aromatic nitrogens is 2. The minimum Gasteiger partial charge on any atom is -0.395 e. The molecule has 0 fully saturated rings. The predicted molar refractivity (Wildman–Crippen MR) is 97.6 cm³/mol. The molecule has 6 nitrogen and oxygen atoms in total. The molecule has 0 saturated heterocycles. The van der Waals surface area contributed by atoms with Crippen molar-refractivity contribution >= 4 is 15.3 Å². The molecule has 0 spiro atoms. The first-order chi connectivity index (χ1) is 11.6. The molecular weight excluding hydrogens is 323 g/mol. The Morgan fingerprint density at radius 3 is 2.75 bits per heavy atom. The number of imidazole rings is 1. The van der Waals surface area contributed by atoms with E-state index < -0.39 is 0 Å². The molecule has 0 aliphatic carbocycles. The molecule has 1 aromatic heterocycles. The van der Waals surface area contributed by atoms with Gasteiger partial charge in [0.25, 0.3) is 0 Å². The summed E-state index contributed by atoms with van der Waals surface area (Å²) in [6.45, 7) is 4.26. The van der Waals surface area contributed by atoms with Crippen LogP contribution in [0.1, 0.15) is 16.8 Å². The third-order valence-electron chi connectivity index (χ3n) is 3.91. The van der Waals surface area contributed by atoms with E-state index in [1.807, 2.05) is 17.4 Å². The summed E-state index contributed by atoms with van der Waals surface area (Å²) in [5.74, 6) is -0.0843. The summed E-state index contributed by atoms with van der Waals surface area (Å²) in [5.41, 5.74) is 3.63. The molecule has 1 heterocycles. The van der Waals surface area contributed by atoms with Crippen LogP contribution in [0.4, 0.5) is 0 Å². The maximum atomic E-state index is 11.5. The Hall–Kier alpha value is -1.75. The molecule has 1 unspecified atom stereocenters. The minimum atomic E-state index is -0.0843. The summed E-state index contributed by atoms with van der Waals surface area (Å²) in [7, 11) is 2.20. The standard InChI is InChI=1S/C17H25N4O2P/c1-14-2-4-15(5-3-14)10-16-11-18-13-21(16)7-6-20(8-9-22)12-17(23)19-24/h2-5,11,13,22H,6-10,12,24H2,1H3,(H,19,23). The maximum absolute atomic E-state index is 11.5. The summed E-state index contributed by atoms with van der Waals surface area (Å²) >= 11 is 0. The van der Waals surface area contributed by atoms with Gasteiger partial charge in [-0.05, 0) is 21.9 Å². The van der Waals surface area contributed by atoms with E-state index in [9.17, 15) is 4.79 Å². The molecule has 7 heteroatoms. The Labute approximate surface area is 145 Å². The fourth-order valence-corrected chi connectivity index (χ4v) is 2.61. The Bertz CT molecular complexity index is 642. The van der Waals surface area contributed by atoms with Crippen LogP contribution in [0, 0.1) is 6.92 Å². The Kier molecular flexibility index (Phi) is 7.37. The molecular formula is C17H25N4O2P. The number of carbonyl (C=O) groups excluding carboxylic acids is 1. The SMILES string of the molecule is Cc1ccc(Cc2cncn2CCN(CCO)CC(=O)NP)cc1. The van der Waals surface area contributed by atoms with E-state index in [0.29, 0.717) is 13.1 Å². The molecule has 2 rings (SSSR count). The monoisotopic (exact) mass is 348 g/mol. The van der Waals surface area contributed by atoms with Crippen LogP contribution in [0.15, 0.2) is 36.8 Å². The Balaban J connectivity index is 1.96. The van der Waals surface area contributed by atoms with Gasteiger partial charge >= 0.3 is 0 Å². The van der Waals surface area contributed by atoms with E-state index in [2.05, 4.69) is 55.2 Å². The number of amides is 1. The number of nitrogens with one attached hydrogen (secondary N) is 1. The predicted octanol–water partition coefficient (Wildman–Crippen LogP) is 0.983. The van der Waals surface area contributed by atoms with Crippen LogP contribution in [0.2, 0.25) is 0 Å². The number of aliphatic hydroxyl groups excluding tert-OH is 1. The normalized spacial score (nSPS) is 11.0. The molecule has 0 aliphatic heterocycles. The second kappa shape index (κ2) is 9.52. The van der Waals surface area contributed by atoms with Gasteiger partial charge in [-0.15, -0.1) is 0 Å². The van der Waals surface area contributed by atoms with Crippen LogP contribution in [0.5, 0.6) is 0 Å². The molecule has 0 aliphatic rings. The van der Waals surface area contributed by atoms with Gasteiger partial charge in [0, 0.05) is 37.9 Å². The highest BCUT2D eigenvalue weighted by molar-refractivity contribution is 7.15. The minimum absolute atomic E-state index is 0.0320. The van der Waals surface area contributed by atoms with Crippen molar-refractivity contribution in [2.24, 2.45) is 0 Å². The van der Waals surface area contributed by atoms with Crippen molar-refractivity contribution in [1.29, 1.82) is 0 Å². The first kappa shape index (κ1) is 18.6. The summed E-state index contributed by atoms with van der Waals surface area (Å²) in [5, 5.41) is 11.7. The van der Waals surface area contributed by atoms with Crippen LogP contribution in [0.3, 0.4) is 0 Å². The lowest BCUT2D eigenvalue weighted by Gasteiger charge is -2.21. The van der Waals surface area contributed by atoms with E-state index in [1.54, 1.807) is 0 Å². The van der Waals surface area contributed by atoms with Crippen LogP contribution in [-0.2, 0) is 17.8 Å². The second-order valence-corrected chi connectivity index (χ2v) is 6.10. The average molecular weight is 348 g/mol. The zero-order valence-corrected chi connectivity index (χ0v) is 15.1. The number of nitrogens with zero attached hydrogens (tertiary/aromatic N) is 3. The highest BCUT2D eigenvalue weighted by atomic mass is 31.0. The van der Waals surface area contributed by atoms with Crippen molar-refractivity contribution in [3.8, 4) is 0 Å². The molecule has 24 heavy (non-hydrogen) atoms. The molecule has 0 radical (unpaired) electrons. The van der Waals surface area contributed by atoms with Gasteiger partial charge in [0.1, 0.15) is 0 Å². The maximum Gasteiger partial charge on any atom is 0.236 e. The van der Waals surface area contributed by atoms with Gasteiger partial charge in [0.15, 0.2) is 0 Å². The van der Waals surface area contributed by atoms with Crippen molar-refractivity contribution in [2.75, 3.05) is 26.2 Å². The number of aliphatic hydroxyl groups is 1. The molecule has 1 amide bonds. The van der Waals surface area contributed by atoms with Crippen molar-refractivity contribution in [1.82, 2.24) is 19.5 Å². The van der Waals surface area contributed by atoms with Crippen molar-refractivity contribution in [3.05, 3.63) is 53.6 Å². The van der Waals surface area contributed by atoms with Crippen LogP contribution < -0.4 is 5.09 Å². The topological polar surface area (TPSA) is 70.4 Å². The fourth-order valence-electron chi connectivity index (χ4n) is 2.52. The number of aryl methyl sites for hydroxylation is 1. The first-order valence-corrected chi connectivity index (χ1v) is 8.57. The molecule has 0 bridgehead atoms. The van der Waals surface area contributed by atoms with E-state index >= 15 is 0 Å².